The first-order valence-electron chi connectivity index (χ1n) is 15.8. The van der Waals surface area contributed by atoms with Gasteiger partial charge in [0.2, 0.25) is 0 Å². The first-order chi connectivity index (χ1) is 16.7. The standard InChI is InChI=1S/C31H65NO2/c1-2-3-4-5-6-7-8-9-10-11-12-13-14-15-16-17-18-19-20-21-22-23-24-25-26-27-28-31(34)30(32)29-33/h30-31,33-34H,2-29,32H2,1H3/t30-,31+/m0/s1. The highest BCUT2D eigenvalue weighted by molar-refractivity contribution is 4.70. The Balaban J connectivity index is 3.07. The second-order valence-electron chi connectivity index (χ2n) is 11.0. The zero-order valence-electron chi connectivity index (χ0n) is 23.4. The Morgan fingerprint density at radius 1 is 0.441 bits per heavy atom. The molecule has 0 aromatic carbocycles. The van der Waals surface area contributed by atoms with Crippen molar-refractivity contribution < 1.29 is 10.2 Å². The molecule has 0 aliphatic heterocycles. The summed E-state index contributed by atoms with van der Waals surface area (Å²) in [7, 11) is 0. The molecule has 0 rings (SSSR count). The van der Waals surface area contributed by atoms with E-state index in [1.54, 1.807) is 0 Å². The molecule has 0 aromatic rings. The summed E-state index contributed by atoms with van der Waals surface area (Å²) in [6.45, 7) is 2.17. The van der Waals surface area contributed by atoms with Gasteiger partial charge < -0.3 is 15.9 Å². The van der Waals surface area contributed by atoms with Gasteiger partial charge in [0.1, 0.15) is 0 Å². The van der Waals surface area contributed by atoms with E-state index in [2.05, 4.69) is 6.92 Å². The number of aliphatic hydroxyl groups is 2. The summed E-state index contributed by atoms with van der Waals surface area (Å²) in [5.41, 5.74) is 5.62. The summed E-state index contributed by atoms with van der Waals surface area (Å²) >= 11 is 0. The minimum absolute atomic E-state index is 0.124. The molecule has 0 spiro atoms. The molecule has 0 saturated heterocycles. The molecule has 2 atom stereocenters. The first kappa shape index (κ1) is 33.9. The minimum atomic E-state index is -0.542. The molecule has 0 aliphatic carbocycles. The van der Waals surface area contributed by atoms with E-state index in [0.29, 0.717) is 0 Å². The van der Waals surface area contributed by atoms with Gasteiger partial charge in [0.15, 0.2) is 0 Å². The summed E-state index contributed by atoms with van der Waals surface area (Å²) in [6.07, 6.45) is 36.7. The molecule has 0 bridgehead atoms. The SMILES string of the molecule is CCCCCCCCCCCCCCCCCCCCCCCCCCCC[C@@H](O)[C@@H](N)CO. The quantitative estimate of drug-likeness (QED) is 0.0928. The van der Waals surface area contributed by atoms with E-state index in [1.807, 2.05) is 0 Å². The van der Waals surface area contributed by atoms with Crippen molar-refractivity contribution in [1.29, 1.82) is 0 Å². The molecule has 0 unspecified atom stereocenters. The van der Waals surface area contributed by atoms with E-state index in [4.69, 9.17) is 10.8 Å². The molecular weight excluding hydrogens is 418 g/mol. The van der Waals surface area contributed by atoms with Gasteiger partial charge in [0.05, 0.1) is 18.8 Å². The van der Waals surface area contributed by atoms with Crippen LogP contribution in [-0.4, -0.2) is 29.0 Å². The fourth-order valence-electron chi connectivity index (χ4n) is 5.01. The van der Waals surface area contributed by atoms with Gasteiger partial charge in [-0.15, -0.1) is 0 Å². The van der Waals surface area contributed by atoms with Gasteiger partial charge in [0.25, 0.3) is 0 Å². The third-order valence-electron chi connectivity index (χ3n) is 7.56. The average Bonchev–Trinajstić information content (AvgIpc) is 2.85. The van der Waals surface area contributed by atoms with Crippen molar-refractivity contribution in [2.45, 2.75) is 192 Å². The predicted octanol–water partition coefficient (Wildman–Crippen LogP) is 9.22. The lowest BCUT2D eigenvalue weighted by molar-refractivity contribution is 0.0990. The maximum Gasteiger partial charge on any atom is 0.0713 e. The average molecular weight is 484 g/mol. The molecule has 206 valence electrons. The predicted molar refractivity (Wildman–Crippen MR) is 151 cm³/mol. The van der Waals surface area contributed by atoms with E-state index < -0.39 is 12.1 Å². The fourth-order valence-corrected chi connectivity index (χ4v) is 5.01. The molecule has 3 heteroatoms. The Morgan fingerprint density at radius 3 is 0.912 bits per heavy atom. The lowest BCUT2D eigenvalue weighted by atomic mass is 10.0. The van der Waals surface area contributed by atoms with Crippen LogP contribution in [0.15, 0.2) is 0 Å². The number of rotatable bonds is 29. The normalized spacial score (nSPS) is 13.4. The molecule has 0 aliphatic rings. The van der Waals surface area contributed by atoms with E-state index in [1.165, 1.54) is 161 Å². The molecule has 4 N–H and O–H groups in total. The fraction of sp³-hybridized carbons (Fsp3) is 1.00. The van der Waals surface area contributed by atoms with E-state index >= 15 is 0 Å². The molecule has 3 nitrogen and oxygen atoms in total. The first-order valence-corrected chi connectivity index (χ1v) is 15.8. The lowest BCUT2D eigenvalue weighted by Gasteiger charge is -2.15. The van der Waals surface area contributed by atoms with Gasteiger partial charge in [-0.3, -0.25) is 0 Å². The molecule has 0 amide bonds. The van der Waals surface area contributed by atoms with Crippen molar-refractivity contribution in [3.05, 3.63) is 0 Å². The van der Waals surface area contributed by atoms with Gasteiger partial charge in [-0.2, -0.15) is 0 Å². The van der Waals surface area contributed by atoms with Crippen LogP contribution in [0.3, 0.4) is 0 Å². The number of hydrogen-bond donors (Lipinski definition) is 3. The summed E-state index contributed by atoms with van der Waals surface area (Å²) in [5, 5.41) is 18.6. The minimum Gasteiger partial charge on any atom is -0.395 e. The van der Waals surface area contributed by atoms with Crippen LogP contribution in [0.25, 0.3) is 0 Å². The highest BCUT2D eigenvalue weighted by atomic mass is 16.3. The van der Waals surface area contributed by atoms with Crippen LogP contribution < -0.4 is 5.73 Å². The monoisotopic (exact) mass is 484 g/mol. The zero-order chi connectivity index (χ0) is 25.0. The van der Waals surface area contributed by atoms with Crippen molar-refractivity contribution in [2.24, 2.45) is 5.73 Å². The third-order valence-corrected chi connectivity index (χ3v) is 7.56. The molecule has 0 saturated carbocycles. The molecule has 34 heavy (non-hydrogen) atoms. The lowest BCUT2D eigenvalue weighted by Crippen LogP contribution is -2.37. The molecule has 0 aromatic heterocycles. The van der Waals surface area contributed by atoms with Gasteiger partial charge in [-0.25, -0.2) is 0 Å². The Bertz CT molecular complexity index is 363. The van der Waals surface area contributed by atoms with Crippen molar-refractivity contribution in [3.63, 3.8) is 0 Å². The van der Waals surface area contributed by atoms with Gasteiger partial charge in [-0.1, -0.05) is 174 Å². The van der Waals surface area contributed by atoms with Crippen LogP contribution in [-0.2, 0) is 0 Å². The van der Waals surface area contributed by atoms with Crippen LogP contribution >= 0.6 is 0 Å². The van der Waals surface area contributed by atoms with Crippen LogP contribution in [0.4, 0.5) is 0 Å². The molecule has 0 heterocycles. The number of nitrogens with two attached hydrogens (primary N) is 1. The van der Waals surface area contributed by atoms with Crippen LogP contribution in [0.1, 0.15) is 180 Å². The van der Waals surface area contributed by atoms with Crippen molar-refractivity contribution >= 4 is 0 Å². The molecular formula is C31H65NO2. The highest BCUT2D eigenvalue weighted by Crippen LogP contribution is 2.16. The molecule has 0 fully saturated rings. The summed E-state index contributed by atoms with van der Waals surface area (Å²) in [6, 6.07) is -0.473. The van der Waals surface area contributed by atoms with Crippen molar-refractivity contribution in [3.8, 4) is 0 Å². The van der Waals surface area contributed by atoms with E-state index in [9.17, 15) is 5.11 Å². The Hall–Kier alpha value is -0.120. The van der Waals surface area contributed by atoms with Gasteiger partial charge in [0, 0.05) is 0 Å². The second kappa shape index (κ2) is 29.1. The van der Waals surface area contributed by atoms with Gasteiger partial charge >= 0.3 is 0 Å². The highest BCUT2D eigenvalue weighted by Gasteiger charge is 2.12. The maximum atomic E-state index is 9.72. The number of aliphatic hydroxyl groups excluding tert-OH is 2. The smallest absolute Gasteiger partial charge is 0.0713 e. The summed E-state index contributed by atoms with van der Waals surface area (Å²) in [5.74, 6) is 0. The largest absolute Gasteiger partial charge is 0.395 e. The van der Waals surface area contributed by atoms with Crippen LogP contribution in [0.2, 0.25) is 0 Å². The number of unbranched alkanes of at least 4 members (excludes halogenated alkanes) is 25. The summed E-state index contributed by atoms with van der Waals surface area (Å²) < 4.78 is 0. The molecule has 0 radical (unpaired) electrons. The van der Waals surface area contributed by atoms with Crippen molar-refractivity contribution in [2.75, 3.05) is 6.61 Å². The van der Waals surface area contributed by atoms with Crippen molar-refractivity contribution in [1.82, 2.24) is 0 Å². The van der Waals surface area contributed by atoms with E-state index in [0.717, 1.165) is 12.8 Å². The Kier molecular flexibility index (Phi) is 29.0. The number of hydrogen-bond acceptors (Lipinski definition) is 3. The van der Waals surface area contributed by atoms with Crippen LogP contribution in [0.5, 0.6) is 0 Å². The zero-order valence-corrected chi connectivity index (χ0v) is 23.4. The Labute approximate surface area is 215 Å². The topological polar surface area (TPSA) is 66.5 Å². The maximum absolute atomic E-state index is 9.72. The van der Waals surface area contributed by atoms with E-state index in [-0.39, 0.29) is 6.61 Å². The Morgan fingerprint density at radius 2 is 0.676 bits per heavy atom. The third kappa shape index (κ3) is 26.5. The van der Waals surface area contributed by atoms with Gasteiger partial charge in [-0.05, 0) is 6.42 Å². The summed E-state index contributed by atoms with van der Waals surface area (Å²) in [4.78, 5) is 0. The van der Waals surface area contributed by atoms with Crippen LogP contribution in [0, 0.1) is 0 Å². The second-order valence-corrected chi connectivity index (χ2v) is 11.0.